The van der Waals surface area contributed by atoms with Crippen molar-refractivity contribution in [1.29, 1.82) is 0 Å². The molecule has 0 bridgehead atoms. The second-order valence-electron chi connectivity index (χ2n) is 7.00. The van der Waals surface area contributed by atoms with Crippen molar-refractivity contribution in [3.63, 3.8) is 0 Å². The van der Waals surface area contributed by atoms with Crippen molar-refractivity contribution < 1.29 is 19.1 Å². The van der Waals surface area contributed by atoms with Crippen LogP contribution >= 0.6 is 0 Å². The van der Waals surface area contributed by atoms with Crippen LogP contribution in [0.25, 0.3) is 0 Å². The normalized spacial score (nSPS) is 42.2. The van der Waals surface area contributed by atoms with Crippen LogP contribution in [0.1, 0.15) is 60.1 Å². The van der Waals surface area contributed by atoms with Gasteiger partial charge in [-0.25, -0.2) is 0 Å². The van der Waals surface area contributed by atoms with Crippen molar-refractivity contribution in [1.82, 2.24) is 0 Å². The third-order valence-corrected chi connectivity index (χ3v) is 6.14. The van der Waals surface area contributed by atoms with Crippen molar-refractivity contribution in [2.24, 2.45) is 17.3 Å². The van der Waals surface area contributed by atoms with Gasteiger partial charge in [-0.05, 0) is 61.5 Å². The van der Waals surface area contributed by atoms with Crippen LogP contribution in [0.4, 0.5) is 0 Å². The van der Waals surface area contributed by atoms with Crippen molar-refractivity contribution in [2.75, 3.05) is 0 Å². The van der Waals surface area contributed by atoms with E-state index >= 15 is 0 Å². The zero-order chi connectivity index (χ0) is 17.4. The summed E-state index contributed by atoms with van der Waals surface area (Å²) in [6.45, 7) is 1.91. The molecular weight excluding hydrogens is 264 g/mol. The summed E-state index contributed by atoms with van der Waals surface area (Å²) in [6, 6.07) is 1.54. The lowest BCUT2D eigenvalue weighted by atomic mass is 9.55. The molecule has 3 aliphatic rings. The van der Waals surface area contributed by atoms with E-state index in [9.17, 15) is 15.0 Å². The van der Waals surface area contributed by atoms with Gasteiger partial charge in [0.15, 0.2) is 11.5 Å². The lowest BCUT2D eigenvalue weighted by molar-refractivity contribution is -0.129. The number of benzene rings is 1. The Morgan fingerprint density at radius 1 is 1.38 bits per heavy atom. The van der Waals surface area contributed by atoms with Gasteiger partial charge in [0.1, 0.15) is 5.78 Å². The van der Waals surface area contributed by atoms with Crippen LogP contribution in [0, 0.1) is 17.3 Å². The fourth-order valence-electron chi connectivity index (χ4n) is 4.91. The predicted octanol–water partition coefficient (Wildman–Crippen LogP) is 3.52. The first-order chi connectivity index (χ1) is 11.2. The van der Waals surface area contributed by atoms with E-state index in [1.54, 1.807) is 0 Å². The minimum atomic E-state index is -1.75. The third kappa shape index (κ3) is 1.63. The molecule has 2 fully saturated rings. The smallest absolute Gasteiger partial charge is 0.160 e. The molecule has 2 saturated carbocycles. The van der Waals surface area contributed by atoms with E-state index in [-0.39, 0.29) is 47.5 Å². The summed E-state index contributed by atoms with van der Waals surface area (Å²) in [7, 11) is 0. The van der Waals surface area contributed by atoms with Gasteiger partial charge in [0.25, 0.3) is 0 Å². The fraction of sp³-hybridized carbons (Fsp3) is 0.611. The van der Waals surface area contributed by atoms with Crippen molar-refractivity contribution in [3.05, 3.63) is 23.2 Å². The Kier molecular flexibility index (Phi) is 2.07. The highest BCUT2D eigenvalue weighted by Crippen LogP contribution is 2.60. The average Bonchev–Trinajstić information content (AvgIpc) is 2.71. The summed E-state index contributed by atoms with van der Waals surface area (Å²) in [5.41, 5.74) is 0.851. The summed E-state index contributed by atoms with van der Waals surface area (Å²) in [4.78, 5) is 12.6. The fourth-order valence-corrected chi connectivity index (χ4v) is 4.91. The number of phenols is 2. The van der Waals surface area contributed by atoms with Gasteiger partial charge in [-0.3, -0.25) is 4.79 Å². The Morgan fingerprint density at radius 2 is 2.19 bits per heavy atom. The minimum absolute atomic E-state index is 0.0118. The second kappa shape index (κ2) is 4.25. The van der Waals surface area contributed by atoms with E-state index in [4.69, 9.17) is 4.11 Å². The molecule has 0 amide bonds. The topological polar surface area (TPSA) is 57.5 Å². The number of rotatable bonds is 0. The molecule has 1 aromatic carbocycles. The van der Waals surface area contributed by atoms with Crippen molar-refractivity contribution in [3.8, 4) is 11.5 Å². The van der Waals surface area contributed by atoms with E-state index in [2.05, 4.69) is 0 Å². The van der Waals surface area contributed by atoms with Crippen molar-refractivity contribution >= 4 is 5.78 Å². The zero-order valence-corrected chi connectivity index (χ0v) is 12.1. The van der Waals surface area contributed by atoms with E-state index < -0.39 is 11.8 Å². The maximum Gasteiger partial charge on any atom is 0.160 e. The molecule has 0 saturated heterocycles. The molecule has 0 aromatic heterocycles. The lowest BCUT2D eigenvalue weighted by Gasteiger charge is -2.48. The molecule has 0 unspecified atom stereocenters. The number of ketones is 1. The Balaban J connectivity index is 1.80. The quantitative estimate of drug-likeness (QED) is 0.718. The molecular formula is C18H22O3. The van der Waals surface area contributed by atoms with E-state index in [0.717, 1.165) is 18.4 Å². The molecule has 0 aliphatic heterocycles. The maximum absolute atomic E-state index is 12.6. The van der Waals surface area contributed by atoms with Gasteiger partial charge >= 0.3 is 0 Å². The van der Waals surface area contributed by atoms with Crippen LogP contribution in [0.5, 0.6) is 11.5 Å². The van der Waals surface area contributed by atoms with Crippen LogP contribution in [0.3, 0.4) is 0 Å². The number of aromatic hydroxyl groups is 2. The molecule has 21 heavy (non-hydrogen) atoms. The van der Waals surface area contributed by atoms with Crippen LogP contribution in [-0.2, 0) is 11.2 Å². The summed E-state index contributed by atoms with van der Waals surface area (Å²) in [5.74, 6) is -0.416. The van der Waals surface area contributed by atoms with E-state index in [1.165, 1.54) is 6.07 Å². The highest BCUT2D eigenvalue weighted by atomic mass is 16.3. The average molecular weight is 289 g/mol. The molecule has 3 heteroatoms. The Bertz CT molecular complexity index is 746. The van der Waals surface area contributed by atoms with Gasteiger partial charge in [-0.15, -0.1) is 0 Å². The standard InChI is InChI=1S/C18H22O3/c1-18-9-8-11-10-4-6-15(19)17(21)13(10)3-2-12(11)14(18)5-7-16(18)20/h4,6,11-12,14,19,21H,2-3,5,7-9H2,1H3/t11-,12-,14+,18+/m1/s1/i4D,7D2. The number of carbonyl (C=O) groups is 1. The molecule has 4 rings (SSSR count). The molecule has 4 atom stereocenters. The van der Waals surface area contributed by atoms with Crippen LogP contribution in [0.15, 0.2) is 12.1 Å². The molecule has 3 aliphatic carbocycles. The van der Waals surface area contributed by atoms with Crippen molar-refractivity contribution in [2.45, 2.75) is 51.3 Å². The number of Topliss-reactive ketones (excluding diaryl/α,β-unsaturated/α-hetero) is 1. The molecule has 0 radical (unpaired) electrons. The molecule has 3 nitrogen and oxygen atoms in total. The Morgan fingerprint density at radius 3 is 3.00 bits per heavy atom. The molecule has 0 heterocycles. The Labute approximate surface area is 129 Å². The number of carbonyl (C=O) groups excluding carboxylic acids is 1. The highest BCUT2D eigenvalue weighted by Gasteiger charge is 2.54. The molecule has 1 aromatic rings. The first kappa shape index (κ1) is 10.3. The zero-order valence-electron chi connectivity index (χ0n) is 15.1. The van der Waals surface area contributed by atoms with Crippen LogP contribution in [0.2, 0.25) is 0 Å². The number of phenolic OH excluding ortho intramolecular Hbond substituents is 2. The van der Waals surface area contributed by atoms with Gasteiger partial charge in [0.2, 0.25) is 0 Å². The summed E-state index contributed by atoms with van der Waals surface area (Å²) < 4.78 is 24.4. The summed E-state index contributed by atoms with van der Waals surface area (Å²) >= 11 is 0. The van der Waals surface area contributed by atoms with E-state index in [0.29, 0.717) is 18.4 Å². The summed E-state index contributed by atoms with van der Waals surface area (Å²) in [6.07, 6.45) is 1.18. The second-order valence-corrected chi connectivity index (χ2v) is 7.00. The lowest BCUT2D eigenvalue weighted by Crippen LogP contribution is -2.42. The highest BCUT2D eigenvalue weighted by molar-refractivity contribution is 5.87. The monoisotopic (exact) mass is 289 g/mol. The first-order valence-corrected chi connectivity index (χ1v) is 7.76. The minimum Gasteiger partial charge on any atom is -0.504 e. The van der Waals surface area contributed by atoms with Gasteiger partial charge < -0.3 is 10.2 Å². The molecule has 112 valence electrons. The molecule has 0 spiro atoms. The van der Waals surface area contributed by atoms with Gasteiger partial charge in [-0.2, -0.15) is 0 Å². The number of hydrogen-bond acceptors (Lipinski definition) is 3. The van der Waals surface area contributed by atoms with E-state index in [1.807, 2.05) is 6.92 Å². The Hall–Kier alpha value is -1.51. The SMILES string of the molecule is [2H]c1cc(O)c(O)c2c1[C@H]1CC[C@]3(C)C(=O)C([2H])([2H])C[C@H]3[C@@H]1CC2. The van der Waals surface area contributed by atoms with Crippen LogP contribution in [-0.4, -0.2) is 16.0 Å². The van der Waals surface area contributed by atoms with Gasteiger partial charge in [-0.1, -0.05) is 13.0 Å². The van der Waals surface area contributed by atoms with Gasteiger partial charge in [0.05, 0.1) is 1.37 Å². The maximum atomic E-state index is 12.6. The predicted molar refractivity (Wildman–Crippen MR) is 79.4 cm³/mol. The first-order valence-electron chi connectivity index (χ1n) is 9.26. The summed E-state index contributed by atoms with van der Waals surface area (Å²) in [5, 5.41) is 20.0. The number of hydrogen-bond donors (Lipinski definition) is 2. The largest absolute Gasteiger partial charge is 0.504 e. The number of fused-ring (bicyclic) bond motifs is 5. The molecule has 2 N–H and O–H groups in total. The van der Waals surface area contributed by atoms with Crippen LogP contribution < -0.4 is 0 Å². The van der Waals surface area contributed by atoms with Gasteiger partial charge in [0, 0.05) is 20.1 Å². The third-order valence-electron chi connectivity index (χ3n) is 6.14.